The molecule has 1 N–H and O–H groups in total. The number of nitriles is 1. The number of aromatic nitrogens is 3. The van der Waals surface area contributed by atoms with Gasteiger partial charge in [-0.2, -0.15) is 10.4 Å². The third-order valence-electron chi connectivity index (χ3n) is 3.74. The number of methoxy groups -OCH3 is 1. The van der Waals surface area contributed by atoms with Crippen molar-refractivity contribution < 1.29 is 9.53 Å². The van der Waals surface area contributed by atoms with Gasteiger partial charge in [-0.1, -0.05) is 29.0 Å². The Bertz CT molecular complexity index is 1010. The van der Waals surface area contributed by atoms with E-state index in [1.54, 1.807) is 22.9 Å². The topological polar surface area (TPSA) is 92.8 Å². The first-order valence-electron chi connectivity index (χ1n) is 8.04. The van der Waals surface area contributed by atoms with Crippen molar-refractivity contribution in [3.63, 3.8) is 0 Å². The van der Waals surface area contributed by atoms with E-state index in [-0.39, 0.29) is 11.9 Å². The van der Waals surface area contributed by atoms with Gasteiger partial charge in [-0.25, -0.2) is 4.98 Å². The second-order valence-electron chi connectivity index (χ2n) is 5.79. The van der Waals surface area contributed by atoms with Crippen LogP contribution in [0.5, 0.6) is 5.06 Å². The first-order valence-corrected chi connectivity index (χ1v) is 9.23. The van der Waals surface area contributed by atoms with Crippen molar-refractivity contribution in [1.82, 2.24) is 20.1 Å². The predicted octanol–water partition coefficient (Wildman–Crippen LogP) is 3.36. The number of thiazole rings is 1. The van der Waals surface area contributed by atoms with Gasteiger partial charge in [0.1, 0.15) is 6.07 Å². The van der Waals surface area contributed by atoms with Crippen LogP contribution in [0, 0.1) is 11.3 Å². The highest BCUT2D eigenvalue weighted by molar-refractivity contribution is 7.15. The Morgan fingerprint density at radius 3 is 2.96 bits per heavy atom. The number of hydrogen-bond donors (Lipinski definition) is 1. The zero-order valence-corrected chi connectivity index (χ0v) is 16.2. The summed E-state index contributed by atoms with van der Waals surface area (Å²) in [5, 5.41) is 17.7. The summed E-state index contributed by atoms with van der Waals surface area (Å²) in [5.74, 6) is -0.248. The molecule has 0 saturated heterocycles. The Hall–Kier alpha value is -2.89. The van der Waals surface area contributed by atoms with Gasteiger partial charge in [-0.15, -0.1) is 0 Å². The maximum Gasteiger partial charge on any atom is 0.280 e. The summed E-state index contributed by atoms with van der Waals surface area (Å²) in [7, 11) is 1.54. The van der Waals surface area contributed by atoms with E-state index in [1.807, 2.05) is 25.3 Å². The summed E-state index contributed by atoms with van der Waals surface area (Å²) in [6, 6.07) is 8.93. The molecule has 138 valence electrons. The number of rotatable bonds is 6. The van der Waals surface area contributed by atoms with Crippen molar-refractivity contribution in [3.05, 3.63) is 52.3 Å². The van der Waals surface area contributed by atoms with E-state index in [0.29, 0.717) is 27.2 Å². The van der Waals surface area contributed by atoms with Crippen molar-refractivity contribution >= 4 is 28.8 Å². The second-order valence-corrected chi connectivity index (χ2v) is 7.19. The number of nitrogens with one attached hydrogen (secondary N) is 1. The van der Waals surface area contributed by atoms with Crippen LogP contribution in [0.25, 0.3) is 11.3 Å². The molecule has 0 aliphatic rings. The quantitative estimate of drug-likeness (QED) is 0.683. The van der Waals surface area contributed by atoms with Gasteiger partial charge in [0.05, 0.1) is 36.1 Å². The minimum Gasteiger partial charge on any atom is -0.486 e. The first kappa shape index (κ1) is 18.9. The van der Waals surface area contributed by atoms with Gasteiger partial charge in [-0.3, -0.25) is 9.48 Å². The smallest absolute Gasteiger partial charge is 0.280 e. The van der Waals surface area contributed by atoms with Gasteiger partial charge in [0.25, 0.3) is 5.91 Å². The third-order valence-corrected chi connectivity index (χ3v) is 5.01. The Labute approximate surface area is 165 Å². The lowest BCUT2D eigenvalue weighted by Crippen LogP contribution is -2.35. The molecule has 1 aromatic carbocycles. The van der Waals surface area contributed by atoms with Crippen molar-refractivity contribution in [3.8, 4) is 22.4 Å². The van der Waals surface area contributed by atoms with Crippen molar-refractivity contribution in [2.45, 2.75) is 19.5 Å². The fourth-order valence-electron chi connectivity index (χ4n) is 2.45. The maximum absolute atomic E-state index is 12.2. The number of nitrogens with zero attached hydrogens (tertiary/aromatic N) is 4. The van der Waals surface area contributed by atoms with E-state index < -0.39 is 0 Å². The Morgan fingerprint density at radius 1 is 1.48 bits per heavy atom. The van der Waals surface area contributed by atoms with E-state index in [0.717, 1.165) is 11.3 Å². The number of benzene rings is 1. The van der Waals surface area contributed by atoms with E-state index >= 15 is 0 Å². The van der Waals surface area contributed by atoms with Crippen LogP contribution >= 0.6 is 22.9 Å². The molecule has 0 radical (unpaired) electrons. The molecule has 3 rings (SSSR count). The molecule has 3 aromatic rings. The molecule has 1 amide bonds. The molecule has 0 aliphatic carbocycles. The third kappa shape index (κ3) is 4.45. The van der Waals surface area contributed by atoms with Gasteiger partial charge in [0.15, 0.2) is 10.1 Å². The number of carbonyl (C=O) groups excluding carboxylic acids is 1. The maximum atomic E-state index is 12.2. The number of carbonyl (C=O) groups is 1. The Kier molecular flexibility index (Phi) is 5.74. The molecule has 7 nitrogen and oxygen atoms in total. The molecule has 0 unspecified atom stereocenters. The largest absolute Gasteiger partial charge is 0.486 e. The van der Waals surface area contributed by atoms with Gasteiger partial charge >= 0.3 is 0 Å². The SMILES string of the molecule is COc1cnc(C(=O)N[C@H](C)Cn2ccc(-c3ccc(C#N)c(Cl)c3)n2)s1. The van der Waals surface area contributed by atoms with E-state index in [9.17, 15) is 4.79 Å². The fourth-order valence-corrected chi connectivity index (χ4v) is 3.31. The van der Waals surface area contributed by atoms with Crippen LogP contribution in [-0.4, -0.2) is 33.8 Å². The minimum atomic E-state index is -0.248. The average molecular weight is 402 g/mol. The summed E-state index contributed by atoms with van der Waals surface area (Å²) in [6.45, 7) is 2.39. The highest BCUT2D eigenvalue weighted by atomic mass is 35.5. The average Bonchev–Trinajstić information content (AvgIpc) is 3.30. The van der Waals surface area contributed by atoms with Gasteiger partial charge < -0.3 is 10.1 Å². The molecular weight excluding hydrogens is 386 g/mol. The molecular formula is C18H16ClN5O2S. The predicted molar refractivity (Wildman–Crippen MR) is 103 cm³/mol. The van der Waals surface area contributed by atoms with E-state index in [1.165, 1.54) is 24.6 Å². The zero-order valence-electron chi connectivity index (χ0n) is 14.6. The van der Waals surface area contributed by atoms with Gasteiger partial charge in [-0.05, 0) is 25.1 Å². The highest BCUT2D eigenvalue weighted by Gasteiger charge is 2.15. The molecule has 0 spiro atoms. The number of amides is 1. The molecule has 0 bridgehead atoms. The van der Waals surface area contributed by atoms with Crippen LogP contribution < -0.4 is 10.1 Å². The van der Waals surface area contributed by atoms with Crippen LogP contribution in [0.4, 0.5) is 0 Å². The molecule has 0 aliphatic heterocycles. The Balaban J connectivity index is 1.64. The van der Waals surface area contributed by atoms with Crippen molar-refractivity contribution in [2.75, 3.05) is 7.11 Å². The second kappa shape index (κ2) is 8.20. The lowest BCUT2D eigenvalue weighted by molar-refractivity contribution is 0.0935. The van der Waals surface area contributed by atoms with Crippen LogP contribution in [0.2, 0.25) is 5.02 Å². The zero-order chi connectivity index (χ0) is 19.4. The molecule has 27 heavy (non-hydrogen) atoms. The summed E-state index contributed by atoms with van der Waals surface area (Å²) in [4.78, 5) is 16.2. The van der Waals surface area contributed by atoms with Crippen LogP contribution in [0.15, 0.2) is 36.7 Å². The Morgan fingerprint density at radius 2 is 2.30 bits per heavy atom. The van der Waals surface area contributed by atoms with Crippen LogP contribution in [0.3, 0.4) is 0 Å². The van der Waals surface area contributed by atoms with Gasteiger partial charge in [0, 0.05) is 17.8 Å². The molecule has 2 heterocycles. The highest BCUT2D eigenvalue weighted by Crippen LogP contribution is 2.24. The van der Waals surface area contributed by atoms with Crippen molar-refractivity contribution in [2.24, 2.45) is 0 Å². The summed E-state index contributed by atoms with van der Waals surface area (Å²) < 4.78 is 6.79. The lowest BCUT2D eigenvalue weighted by Gasteiger charge is -2.12. The molecule has 9 heteroatoms. The number of halogens is 1. The van der Waals surface area contributed by atoms with Gasteiger partial charge in [0.2, 0.25) is 0 Å². The molecule has 0 fully saturated rings. The molecule has 0 saturated carbocycles. The molecule has 1 atom stereocenters. The van der Waals surface area contributed by atoms with Crippen LogP contribution in [0.1, 0.15) is 22.3 Å². The number of hydrogen-bond acceptors (Lipinski definition) is 6. The van der Waals surface area contributed by atoms with Crippen molar-refractivity contribution in [1.29, 1.82) is 5.26 Å². The lowest BCUT2D eigenvalue weighted by atomic mass is 10.1. The summed E-state index contributed by atoms with van der Waals surface area (Å²) >= 11 is 7.27. The summed E-state index contributed by atoms with van der Waals surface area (Å²) in [5.41, 5.74) is 1.99. The fraction of sp³-hybridized carbons (Fsp3) is 0.222. The standard InChI is InChI=1S/C18H16ClN5O2S/c1-11(22-17(25)18-21-9-16(26-2)27-18)10-24-6-5-15(23-24)12-3-4-13(8-20)14(19)7-12/h3-7,9,11H,10H2,1-2H3,(H,22,25)/t11-/m1/s1. The molecule has 2 aromatic heterocycles. The monoisotopic (exact) mass is 401 g/mol. The van der Waals surface area contributed by atoms with E-state index in [4.69, 9.17) is 21.6 Å². The first-order chi connectivity index (χ1) is 13.0. The normalized spacial score (nSPS) is 11.6. The van der Waals surface area contributed by atoms with Crippen LogP contribution in [-0.2, 0) is 6.54 Å². The minimum absolute atomic E-state index is 0.148. The number of ether oxygens (including phenoxy) is 1. The summed E-state index contributed by atoms with van der Waals surface area (Å²) in [6.07, 6.45) is 3.35. The van der Waals surface area contributed by atoms with E-state index in [2.05, 4.69) is 15.4 Å².